The largest absolute Gasteiger partial charge is 0.251 e. The Morgan fingerprint density at radius 3 is 2.29 bits per heavy atom. The molecular weight excluding hydrogens is 279 g/mol. The van der Waals surface area contributed by atoms with E-state index in [1.807, 2.05) is 0 Å². The first kappa shape index (κ1) is 13.1. The van der Waals surface area contributed by atoms with Crippen LogP contribution in [0.15, 0.2) is 28.7 Å². The topological polar surface area (TPSA) is 0 Å². The van der Waals surface area contributed by atoms with Gasteiger partial charge in [-0.25, -0.2) is 0 Å². The predicted octanol–water partition coefficient (Wildman–Crippen LogP) is 5.47. The first-order valence-corrected chi connectivity index (χ1v) is 7.40. The Kier molecular flexibility index (Phi) is 5.02. The summed E-state index contributed by atoms with van der Waals surface area (Å²) >= 11 is 3.47. The predicted molar refractivity (Wildman–Crippen MR) is 74.1 cm³/mol. The van der Waals surface area contributed by atoms with Gasteiger partial charge in [0.1, 0.15) is 0 Å². The van der Waals surface area contributed by atoms with E-state index in [0.29, 0.717) is 0 Å². The fraction of sp³-hybridized carbons (Fsp3) is 0.600. The van der Waals surface area contributed by atoms with Crippen molar-refractivity contribution in [3.63, 3.8) is 0 Å². The molecule has 0 heterocycles. The van der Waals surface area contributed by atoms with Crippen LogP contribution in [0.3, 0.4) is 0 Å². The molecule has 0 N–H and O–H groups in total. The van der Waals surface area contributed by atoms with E-state index in [-0.39, 0.29) is 6.67 Å². The lowest BCUT2D eigenvalue weighted by atomic mass is 9.77. The Hall–Kier alpha value is -0.370. The maximum absolute atomic E-state index is 12.1. The molecule has 0 radical (unpaired) electrons. The number of rotatable bonds is 4. The third-order valence-electron chi connectivity index (χ3n) is 3.93. The molecule has 1 aromatic rings. The zero-order chi connectivity index (χ0) is 12.1. The second-order valence-corrected chi connectivity index (χ2v) is 6.02. The molecular formula is C15H20BrF. The lowest BCUT2D eigenvalue weighted by Crippen LogP contribution is -2.13. The monoisotopic (exact) mass is 298 g/mol. The van der Waals surface area contributed by atoms with Crippen LogP contribution in [0.2, 0.25) is 0 Å². The molecule has 17 heavy (non-hydrogen) atoms. The van der Waals surface area contributed by atoms with Crippen molar-refractivity contribution in [1.29, 1.82) is 0 Å². The summed E-state index contributed by atoms with van der Waals surface area (Å²) in [6, 6.07) is 8.72. The number of benzene rings is 1. The summed E-state index contributed by atoms with van der Waals surface area (Å²) in [5.41, 5.74) is 1.47. The van der Waals surface area contributed by atoms with Crippen molar-refractivity contribution >= 4 is 15.9 Å². The molecule has 1 aromatic carbocycles. The molecule has 94 valence electrons. The SMILES string of the molecule is FCCCC1CCC(c2ccc(Br)cc2)CC1. The van der Waals surface area contributed by atoms with E-state index < -0.39 is 0 Å². The Morgan fingerprint density at radius 1 is 1.06 bits per heavy atom. The highest BCUT2D eigenvalue weighted by Gasteiger charge is 2.21. The van der Waals surface area contributed by atoms with Crippen molar-refractivity contribution in [3.8, 4) is 0 Å². The van der Waals surface area contributed by atoms with E-state index in [1.54, 1.807) is 0 Å². The standard InChI is InChI=1S/C15H20BrF/c16-15-9-7-14(8-10-15)13-5-3-12(4-6-13)2-1-11-17/h7-10,12-13H,1-6,11H2. The van der Waals surface area contributed by atoms with Gasteiger partial charge in [0.05, 0.1) is 6.67 Å². The maximum Gasteiger partial charge on any atom is 0.0894 e. The Balaban J connectivity index is 1.84. The maximum atomic E-state index is 12.1. The van der Waals surface area contributed by atoms with E-state index in [1.165, 1.54) is 31.2 Å². The highest BCUT2D eigenvalue weighted by molar-refractivity contribution is 9.10. The van der Waals surface area contributed by atoms with E-state index >= 15 is 0 Å². The van der Waals surface area contributed by atoms with Crippen LogP contribution < -0.4 is 0 Å². The van der Waals surface area contributed by atoms with Crippen LogP contribution in [-0.2, 0) is 0 Å². The van der Waals surface area contributed by atoms with Gasteiger partial charge in [-0.2, -0.15) is 0 Å². The Bertz CT molecular complexity index is 325. The van der Waals surface area contributed by atoms with Crippen molar-refractivity contribution in [2.45, 2.75) is 44.4 Å². The third-order valence-corrected chi connectivity index (χ3v) is 4.46. The van der Waals surface area contributed by atoms with Crippen LogP contribution >= 0.6 is 15.9 Å². The molecule has 0 aliphatic heterocycles. The van der Waals surface area contributed by atoms with Gasteiger partial charge in [0.25, 0.3) is 0 Å². The lowest BCUT2D eigenvalue weighted by Gasteiger charge is -2.28. The zero-order valence-corrected chi connectivity index (χ0v) is 11.8. The van der Waals surface area contributed by atoms with E-state index in [9.17, 15) is 4.39 Å². The highest BCUT2D eigenvalue weighted by Crippen LogP contribution is 2.37. The van der Waals surface area contributed by atoms with Gasteiger partial charge in [-0.3, -0.25) is 4.39 Å². The molecule has 0 atom stereocenters. The van der Waals surface area contributed by atoms with Crippen LogP contribution in [0.5, 0.6) is 0 Å². The second kappa shape index (κ2) is 6.53. The molecule has 0 aromatic heterocycles. The fourth-order valence-corrected chi connectivity index (χ4v) is 3.15. The molecule has 0 spiro atoms. The molecule has 0 saturated heterocycles. The number of alkyl halides is 1. The minimum Gasteiger partial charge on any atom is -0.251 e. The van der Waals surface area contributed by atoms with E-state index in [4.69, 9.17) is 0 Å². The van der Waals surface area contributed by atoms with Crippen LogP contribution in [0.4, 0.5) is 4.39 Å². The second-order valence-electron chi connectivity index (χ2n) is 5.10. The van der Waals surface area contributed by atoms with Gasteiger partial charge in [0.15, 0.2) is 0 Å². The third kappa shape index (κ3) is 3.80. The van der Waals surface area contributed by atoms with E-state index in [2.05, 4.69) is 40.2 Å². The van der Waals surface area contributed by atoms with E-state index in [0.717, 1.165) is 29.2 Å². The normalized spacial score (nSPS) is 24.8. The molecule has 0 amide bonds. The van der Waals surface area contributed by atoms with Crippen molar-refractivity contribution in [1.82, 2.24) is 0 Å². The minimum absolute atomic E-state index is 0.146. The van der Waals surface area contributed by atoms with Crippen molar-refractivity contribution < 1.29 is 4.39 Å². The van der Waals surface area contributed by atoms with Crippen molar-refractivity contribution in [2.75, 3.05) is 6.67 Å². The van der Waals surface area contributed by atoms with Gasteiger partial charge in [0, 0.05) is 4.47 Å². The minimum atomic E-state index is -0.146. The number of hydrogen-bond donors (Lipinski definition) is 0. The molecule has 1 aliphatic rings. The zero-order valence-electron chi connectivity index (χ0n) is 10.2. The van der Waals surface area contributed by atoms with Gasteiger partial charge in [-0.1, -0.05) is 28.1 Å². The highest BCUT2D eigenvalue weighted by atomic mass is 79.9. The summed E-state index contributed by atoms with van der Waals surface area (Å²) in [5, 5.41) is 0. The first-order valence-electron chi connectivity index (χ1n) is 6.61. The summed E-state index contributed by atoms with van der Waals surface area (Å²) in [7, 11) is 0. The molecule has 2 rings (SSSR count). The summed E-state index contributed by atoms with van der Waals surface area (Å²) in [5.74, 6) is 1.50. The number of hydrogen-bond acceptors (Lipinski definition) is 0. The lowest BCUT2D eigenvalue weighted by molar-refractivity contribution is 0.293. The summed E-state index contributed by atoms with van der Waals surface area (Å²) < 4.78 is 13.3. The fourth-order valence-electron chi connectivity index (χ4n) is 2.89. The van der Waals surface area contributed by atoms with Crippen LogP contribution in [0.25, 0.3) is 0 Å². The smallest absolute Gasteiger partial charge is 0.0894 e. The average molecular weight is 299 g/mol. The average Bonchev–Trinajstić information content (AvgIpc) is 2.38. The van der Waals surface area contributed by atoms with Crippen molar-refractivity contribution in [2.24, 2.45) is 5.92 Å². The van der Waals surface area contributed by atoms with Crippen molar-refractivity contribution in [3.05, 3.63) is 34.3 Å². The summed E-state index contributed by atoms with van der Waals surface area (Å²) in [6.45, 7) is -0.146. The van der Waals surface area contributed by atoms with Gasteiger partial charge >= 0.3 is 0 Å². The Morgan fingerprint density at radius 2 is 1.71 bits per heavy atom. The molecule has 1 aliphatic carbocycles. The van der Waals surface area contributed by atoms with Crippen LogP contribution in [0, 0.1) is 5.92 Å². The van der Waals surface area contributed by atoms with Gasteiger partial charge < -0.3 is 0 Å². The van der Waals surface area contributed by atoms with Gasteiger partial charge in [-0.05, 0) is 68.1 Å². The molecule has 1 fully saturated rings. The Labute approximate surface area is 112 Å². The van der Waals surface area contributed by atoms with Crippen LogP contribution in [-0.4, -0.2) is 6.67 Å². The summed E-state index contributed by atoms with van der Waals surface area (Å²) in [4.78, 5) is 0. The van der Waals surface area contributed by atoms with Crippen LogP contribution in [0.1, 0.15) is 50.0 Å². The quantitative estimate of drug-likeness (QED) is 0.691. The molecule has 0 unspecified atom stereocenters. The molecule has 0 bridgehead atoms. The summed E-state index contributed by atoms with van der Waals surface area (Å²) in [6.07, 6.45) is 6.95. The molecule has 0 nitrogen and oxygen atoms in total. The van der Waals surface area contributed by atoms with Gasteiger partial charge in [0.2, 0.25) is 0 Å². The number of halogens is 2. The molecule has 2 heteroatoms. The molecule has 1 saturated carbocycles. The van der Waals surface area contributed by atoms with Gasteiger partial charge in [-0.15, -0.1) is 0 Å². The first-order chi connectivity index (χ1) is 8.29.